The van der Waals surface area contributed by atoms with E-state index in [1.54, 1.807) is 6.92 Å². The van der Waals surface area contributed by atoms with Gasteiger partial charge in [-0.3, -0.25) is 14.5 Å². The Labute approximate surface area is 252 Å². The molecule has 0 radical (unpaired) electrons. The molecule has 43 heavy (non-hydrogen) atoms. The van der Waals surface area contributed by atoms with Gasteiger partial charge < -0.3 is 29.7 Å². The minimum absolute atomic E-state index is 0.00871. The highest BCUT2D eigenvalue weighted by Gasteiger charge is 2.34. The monoisotopic (exact) mass is 588 g/mol. The number of hydrogen-bond donors (Lipinski definition) is 3. The third-order valence-electron chi connectivity index (χ3n) is 7.92. The van der Waals surface area contributed by atoms with E-state index in [1.807, 2.05) is 66.7 Å². The summed E-state index contributed by atoms with van der Waals surface area (Å²) >= 11 is 0. The SMILES string of the molecule is CC(=O)OC(C)C(=O)NCc1cccc(-c2cccc(C3OC(CN4CCC(O)C4)CC(c4ccc(CO)cc4)O3)c2)c1. The van der Waals surface area contributed by atoms with Gasteiger partial charge in [-0.05, 0) is 53.3 Å². The molecular formula is C34H40N2O7. The third-order valence-corrected chi connectivity index (χ3v) is 7.92. The summed E-state index contributed by atoms with van der Waals surface area (Å²) in [5, 5.41) is 22.3. The van der Waals surface area contributed by atoms with Gasteiger partial charge in [-0.1, -0.05) is 60.7 Å². The molecule has 3 aromatic carbocycles. The van der Waals surface area contributed by atoms with Crippen molar-refractivity contribution in [2.24, 2.45) is 0 Å². The van der Waals surface area contributed by atoms with E-state index in [4.69, 9.17) is 14.2 Å². The molecule has 2 heterocycles. The predicted octanol–water partition coefficient (Wildman–Crippen LogP) is 4.03. The quantitative estimate of drug-likeness (QED) is 0.304. The summed E-state index contributed by atoms with van der Waals surface area (Å²) in [6.07, 6.45) is -0.552. The molecule has 2 saturated heterocycles. The molecule has 0 spiro atoms. The highest BCUT2D eigenvalue weighted by molar-refractivity contribution is 5.82. The van der Waals surface area contributed by atoms with Gasteiger partial charge >= 0.3 is 5.97 Å². The molecule has 2 aliphatic heterocycles. The van der Waals surface area contributed by atoms with Crippen LogP contribution < -0.4 is 5.32 Å². The molecule has 228 valence electrons. The van der Waals surface area contributed by atoms with Crippen molar-refractivity contribution < 1.29 is 34.0 Å². The van der Waals surface area contributed by atoms with Crippen molar-refractivity contribution in [2.75, 3.05) is 19.6 Å². The standard InChI is InChI=1S/C34H40N2O7/c1-22(41-23(2)38)33(40)35-18-25-5-3-6-27(15-25)28-7-4-8-29(16-28)34-42-31(20-36-14-13-30(39)19-36)17-32(43-34)26-11-9-24(21-37)10-12-26/h3-12,15-16,22,30-32,34,37,39H,13-14,17-21H2,1-2H3,(H,35,40). The average Bonchev–Trinajstić information content (AvgIpc) is 3.43. The Hall–Kier alpha value is -3.60. The number of aliphatic hydroxyl groups excluding tert-OH is 2. The number of esters is 1. The van der Waals surface area contributed by atoms with E-state index in [9.17, 15) is 19.8 Å². The number of benzene rings is 3. The van der Waals surface area contributed by atoms with Crippen LogP contribution >= 0.6 is 0 Å². The fourth-order valence-corrected chi connectivity index (χ4v) is 5.66. The number of aliphatic hydroxyl groups is 2. The van der Waals surface area contributed by atoms with E-state index >= 15 is 0 Å². The van der Waals surface area contributed by atoms with Crippen LogP contribution in [-0.4, -0.2) is 64.9 Å². The highest BCUT2D eigenvalue weighted by Crippen LogP contribution is 2.39. The molecule has 1 amide bonds. The molecule has 0 bridgehead atoms. The van der Waals surface area contributed by atoms with Crippen molar-refractivity contribution in [1.82, 2.24) is 10.2 Å². The zero-order chi connectivity index (χ0) is 30.3. The molecule has 5 rings (SSSR count). The number of β-amino-alcohol motifs (C(OH)–C–C–N with tert-alkyl or cyclic N) is 1. The first-order chi connectivity index (χ1) is 20.8. The van der Waals surface area contributed by atoms with Crippen LogP contribution in [0.25, 0.3) is 11.1 Å². The van der Waals surface area contributed by atoms with Crippen LogP contribution in [0.2, 0.25) is 0 Å². The van der Waals surface area contributed by atoms with Gasteiger partial charge in [0.25, 0.3) is 5.91 Å². The molecule has 9 heteroatoms. The van der Waals surface area contributed by atoms with Crippen molar-refractivity contribution >= 4 is 11.9 Å². The van der Waals surface area contributed by atoms with Gasteiger partial charge in [0.05, 0.1) is 24.9 Å². The van der Waals surface area contributed by atoms with E-state index in [0.717, 1.165) is 46.3 Å². The van der Waals surface area contributed by atoms with Crippen LogP contribution in [0.15, 0.2) is 72.8 Å². The number of hydrogen-bond acceptors (Lipinski definition) is 8. The Morgan fingerprint density at radius 1 is 1.00 bits per heavy atom. The van der Waals surface area contributed by atoms with Crippen LogP contribution in [0, 0.1) is 0 Å². The Morgan fingerprint density at radius 3 is 2.44 bits per heavy atom. The lowest BCUT2D eigenvalue weighted by atomic mass is 9.98. The summed E-state index contributed by atoms with van der Waals surface area (Å²) in [6, 6.07) is 23.8. The number of carbonyl (C=O) groups is 2. The molecule has 5 atom stereocenters. The first-order valence-corrected chi connectivity index (χ1v) is 14.8. The number of nitrogens with zero attached hydrogens (tertiary/aromatic N) is 1. The lowest BCUT2D eigenvalue weighted by Gasteiger charge is -2.38. The van der Waals surface area contributed by atoms with Crippen LogP contribution in [-0.2, 0) is 37.0 Å². The number of ether oxygens (including phenoxy) is 3. The van der Waals surface area contributed by atoms with E-state index < -0.39 is 18.4 Å². The van der Waals surface area contributed by atoms with Gasteiger partial charge in [0.1, 0.15) is 0 Å². The van der Waals surface area contributed by atoms with Gasteiger partial charge in [-0.15, -0.1) is 0 Å². The normalized spacial score (nSPS) is 23.1. The Bertz CT molecular complexity index is 1400. The molecule has 0 saturated carbocycles. The summed E-state index contributed by atoms with van der Waals surface area (Å²) < 4.78 is 18.0. The number of nitrogens with one attached hydrogen (secondary N) is 1. The first-order valence-electron chi connectivity index (χ1n) is 14.8. The second kappa shape index (κ2) is 14.2. The Kier molecular flexibility index (Phi) is 10.2. The van der Waals surface area contributed by atoms with Gasteiger partial charge in [0.2, 0.25) is 0 Å². The molecule has 3 aromatic rings. The Morgan fingerprint density at radius 2 is 1.74 bits per heavy atom. The van der Waals surface area contributed by atoms with E-state index in [-0.39, 0.29) is 30.8 Å². The van der Waals surface area contributed by atoms with Crippen LogP contribution in [0.4, 0.5) is 0 Å². The number of rotatable bonds is 10. The largest absolute Gasteiger partial charge is 0.453 e. The molecule has 5 unspecified atom stereocenters. The van der Waals surface area contributed by atoms with Gasteiger partial charge in [0.15, 0.2) is 12.4 Å². The minimum atomic E-state index is -0.858. The summed E-state index contributed by atoms with van der Waals surface area (Å²) in [6.45, 7) is 5.32. The van der Waals surface area contributed by atoms with Gasteiger partial charge in [-0.2, -0.15) is 0 Å². The fraction of sp³-hybridized carbons (Fsp3) is 0.412. The lowest BCUT2D eigenvalue weighted by molar-refractivity contribution is -0.252. The minimum Gasteiger partial charge on any atom is -0.453 e. The third kappa shape index (κ3) is 8.28. The predicted molar refractivity (Wildman–Crippen MR) is 160 cm³/mol. The van der Waals surface area contributed by atoms with Crippen molar-refractivity contribution in [3.05, 3.63) is 95.1 Å². The van der Waals surface area contributed by atoms with Gasteiger partial charge in [-0.25, -0.2) is 0 Å². The zero-order valence-electron chi connectivity index (χ0n) is 24.6. The smallest absolute Gasteiger partial charge is 0.303 e. The van der Waals surface area contributed by atoms with E-state index in [1.165, 1.54) is 6.92 Å². The zero-order valence-corrected chi connectivity index (χ0v) is 24.6. The summed E-state index contributed by atoms with van der Waals surface area (Å²) in [5.41, 5.74) is 5.66. The van der Waals surface area contributed by atoms with Crippen molar-refractivity contribution in [3.8, 4) is 11.1 Å². The summed E-state index contributed by atoms with van der Waals surface area (Å²) in [5.74, 6) is -0.852. The van der Waals surface area contributed by atoms with Crippen LogP contribution in [0.5, 0.6) is 0 Å². The van der Waals surface area contributed by atoms with Crippen LogP contribution in [0.1, 0.15) is 61.3 Å². The maximum atomic E-state index is 12.3. The van der Waals surface area contributed by atoms with Gasteiger partial charge in [0, 0.05) is 45.1 Å². The topological polar surface area (TPSA) is 118 Å². The van der Waals surface area contributed by atoms with E-state index in [2.05, 4.69) is 16.3 Å². The van der Waals surface area contributed by atoms with Crippen LogP contribution in [0.3, 0.4) is 0 Å². The van der Waals surface area contributed by atoms with Crippen molar-refractivity contribution in [2.45, 2.75) is 70.5 Å². The molecule has 9 nitrogen and oxygen atoms in total. The van der Waals surface area contributed by atoms with E-state index in [0.29, 0.717) is 26.1 Å². The average molecular weight is 589 g/mol. The maximum absolute atomic E-state index is 12.3. The van der Waals surface area contributed by atoms with Crippen molar-refractivity contribution in [3.63, 3.8) is 0 Å². The maximum Gasteiger partial charge on any atom is 0.303 e. The number of likely N-dealkylation sites (tertiary alicyclic amines) is 1. The molecule has 2 aliphatic rings. The highest BCUT2D eigenvalue weighted by atomic mass is 16.7. The molecule has 0 aliphatic carbocycles. The summed E-state index contributed by atoms with van der Waals surface area (Å²) in [4.78, 5) is 25.7. The molecule has 2 fully saturated rings. The Balaban J connectivity index is 1.32. The molecule has 0 aromatic heterocycles. The number of amides is 1. The molecule has 3 N–H and O–H groups in total. The fourth-order valence-electron chi connectivity index (χ4n) is 5.66. The number of carbonyl (C=O) groups excluding carboxylic acids is 2. The second-order valence-electron chi connectivity index (χ2n) is 11.3. The van der Waals surface area contributed by atoms with Crippen molar-refractivity contribution in [1.29, 1.82) is 0 Å². The second-order valence-corrected chi connectivity index (χ2v) is 11.3. The first kappa shape index (κ1) is 30.8. The summed E-state index contributed by atoms with van der Waals surface area (Å²) in [7, 11) is 0. The lowest BCUT2D eigenvalue weighted by Crippen LogP contribution is -2.38. The molecular weight excluding hydrogens is 548 g/mol.